The van der Waals surface area contributed by atoms with E-state index in [4.69, 9.17) is 15.6 Å². The molecule has 3 N–H and O–H groups in total. The molecule has 5 heteroatoms. The van der Waals surface area contributed by atoms with Crippen LogP contribution in [0.15, 0.2) is 24.3 Å². The first-order valence-electron chi connectivity index (χ1n) is 7.09. The third-order valence-corrected chi connectivity index (χ3v) is 3.64. The lowest BCUT2D eigenvalue weighted by Crippen LogP contribution is -2.38. The third kappa shape index (κ3) is 3.87. The van der Waals surface area contributed by atoms with Crippen molar-refractivity contribution in [2.24, 2.45) is 0 Å². The minimum atomic E-state index is 0.0160. The van der Waals surface area contributed by atoms with Crippen molar-refractivity contribution in [1.29, 1.82) is 0 Å². The fraction of sp³-hybridized carbons (Fsp3) is 0.533. The van der Waals surface area contributed by atoms with Crippen molar-refractivity contribution in [3.8, 4) is 5.75 Å². The number of carbonyl (C=O) groups is 1. The minimum Gasteiger partial charge on any atom is -0.484 e. The van der Waals surface area contributed by atoms with Gasteiger partial charge in [0, 0.05) is 24.9 Å². The van der Waals surface area contributed by atoms with Gasteiger partial charge in [-0.3, -0.25) is 4.79 Å². The molecule has 0 radical (unpaired) electrons. The number of nitrogen functional groups attached to an aromatic ring is 1. The average Bonchev–Trinajstić information content (AvgIpc) is 2.92. The van der Waals surface area contributed by atoms with Crippen LogP contribution in [0.1, 0.15) is 25.7 Å². The summed E-state index contributed by atoms with van der Waals surface area (Å²) in [6.07, 6.45) is 3.66. The molecule has 0 saturated carbocycles. The standard InChI is InChI=1S/C15H22N2O3/c16-12-5-7-14(8-6-12)20-11-15(19)17-9-1-3-13(17)4-2-10-18/h5-8,13,18H,1-4,9-11,16H2. The number of benzene rings is 1. The van der Waals surface area contributed by atoms with Crippen LogP contribution in [0.4, 0.5) is 5.69 Å². The molecular formula is C15H22N2O3. The quantitative estimate of drug-likeness (QED) is 0.771. The molecule has 0 spiro atoms. The van der Waals surface area contributed by atoms with E-state index in [9.17, 15) is 4.79 Å². The number of amides is 1. The summed E-state index contributed by atoms with van der Waals surface area (Å²) in [5.74, 6) is 0.668. The summed E-state index contributed by atoms with van der Waals surface area (Å²) >= 11 is 0. The second-order valence-electron chi connectivity index (χ2n) is 5.11. The van der Waals surface area contributed by atoms with Gasteiger partial charge in [-0.2, -0.15) is 0 Å². The van der Waals surface area contributed by atoms with Gasteiger partial charge in [0.1, 0.15) is 5.75 Å². The van der Waals surface area contributed by atoms with E-state index in [1.165, 1.54) is 0 Å². The second kappa shape index (κ2) is 7.14. The lowest BCUT2D eigenvalue weighted by molar-refractivity contribution is -0.134. The van der Waals surface area contributed by atoms with Crippen molar-refractivity contribution in [2.75, 3.05) is 25.5 Å². The molecular weight excluding hydrogens is 256 g/mol. The van der Waals surface area contributed by atoms with Crippen LogP contribution in [-0.2, 0) is 4.79 Å². The molecule has 1 aromatic carbocycles. The zero-order valence-electron chi connectivity index (χ0n) is 11.6. The molecule has 20 heavy (non-hydrogen) atoms. The van der Waals surface area contributed by atoms with E-state index in [1.54, 1.807) is 24.3 Å². The minimum absolute atomic E-state index is 0.0160. The van der Waals surface area contributed by atoms with Crippen LogP contribution in [0, 0.1) is 0 Å². The van der Waals surface area contributed by atoms with Gasteiger partial charge in [-0.15, -0.1) is 0 Å². The maximum Gasteiger partial charge on any atom is 0.260 e. The highest BCUT2D eigenvalue weighted by Gasteiger charge is 2.28. The summed E-state index contributed by atoms with van der Waals surface area (Å²) in [6.45, 7) is 1.03. The van der Waals surface area contributed by atoms with Gasteiger partial charge in [0.05, 0.1) is 0 Å². The summed E-state index contributed by atoms with van der Waals surface area (Å²) in [6, 6.07) is 7.27. The Bertz CT molecular complexity index is 433. The Hall–Kier alpha value is -1.75. The lowest BCUT2D eigenvalue weighted by atomic mass is 10.1. The number of likely N-dealkylation sites (tertiary alicyclic amines) is 1. The summed E-state index contributed by atoms with van der Waals surface area (Å²) < 4.78 is 5.49. The van der Waals surface area contributed by atoms with E-state index in [2.05, 4.69) is 0 Å². The third-order valence-electron chi connectivity index (χ3n) is 3.64. The molecule has 1 unspecified atom stereocenters. The number of anilines is 1. The van der Waals surface area contributed by atoms with E-state index in [1.807, 2.05) is 4.90 Å². The summed E-state index contributed by atoms with van der Waals surface area (Å²) in [5, 5.41) is 8.89. The maximum absolute atomic E-state index is 12.2. The Morgan fingerprint density at radius 3 is 2.85 bits per heavy atom. The summed E-state index contributed by atoms with van der Waals surface area (Å²) in [5.41, 5.74) is 6.27. The molecule has 0 aromatic heterocycles. The fourth-order valence-corrected chi connectivity index (χ4v) is 2.58. The van der Waals surface area contributed by atoms with E-state index < -0.39 is 0 Å². The lowest BCUT2D eigenvalue weighted by Gasteiger charge is -2.24. The zero-order chi connectivity index (χ0) is 14.4. The fourth-order valence-electron chi connectivity index (χ4n) is 2.58. The van der Waals surface area contributed by atoms with Crippen molar-refractivity contribution in [2.45, 2.75) is 31.7 Å². The number of carbonyl (C=O) groups excluding carboxylic acids is 1. The van der Waals surface area contributed by atoms with Crippen molar-refractivity contribution in [3.63, 3.8) is 0 Å². The van der Waals surface area contributed by atoms with Crippen LogP contribution < -0.4 is 10.5 Å². The van der Waals surface area contributed by atoms with Gasteiger partial charge >= 0.3 is 0 Å². The van der Waals surface area contributed by atoms with Gasteiger partial charge in [-0.1, -0.05) is 0 Å². The number of hydrogen-bond acceptors (Lipinski definition) is 4. The molecule has 2 rings (SSSR count). The highest BCUT2D eigenvalue weighted by Crippen LogP contribution is 2.21. The van der Waals surface area contributed by atoms with Gasteiger partial charge in [-0.25, -0.2) is 0 Å². The molecule has 1 saturated heterocycles. The molecule has 1 aliphatic rings. The number of nitrogens with two attached hydrogens (primary N) is 1. The average molecular weight is 278 g/mol. The summed E-state index contributed by atoms with van der Waals surface area (Å²) in [7, 11) is 0. The number of hydrogen-bond donors (Lipinski definition) is 2. The molecule has 1 aromatic rings. The topological polar surface area (TPSA) is 75.8 Å². The molecule has 0 bridgehead atoms. The highest BCUT2D eigenvalue weighted by molar-refractivity contribution is 5.78. The predicted molar refractivity (Wildman–Crippen MR) is 77.4 cm³/mol. The maximum atomic E-state index is 12.2. The monoisotopic (exact) mass is 278 g/mol. The van der Waals surface area contributed by atoms with Gasteiger partial charge in [-0.05, 0) is 49.9 Å². The second-order valence-corrected chi connectivity index (χ2v) is 5.11. The van der Waals surface area contributed by atoms with Crippen LogP contribution in [0.3, 0.4) is 0 Å². The van der Waals surface area contributed by atoms with Gasteiger partial charge in [0.15, 0.2) is 6.61 Å². The Balaban J connectivity index is 1.83. The first-order valence-corrected chi connectivity index (χ1v) is 7.09. The van der Waals surface area contributed by atoms with Gasteiger partial charge < -0.3 is 20.5 Å². The van der Waals surface area contributed by atoms with Crippen molar-refractivity contribution in [3.05, 3.63) is 24.3 Å². The Morgan fingerprint density at radius 1 is 1.40 bits per heavy atom. The van der Waals surface area contributed by atoms with Crippen LogP contribution in [0.25, 0.3) is 0 Å². The first kappa shape index (κ1) is 14.7. The number of nitrogens with zero attached hydrogens (tertiary/aromatic N) is 1. The largest absolute Gasteiger partial charge is 0.484 e. The number of ether oxygens (including phenoxy) is 1. The smallest absolute Gasteiger partial charge is 0.260 e. The normalized spacial score (nSPS) is 18.2. The Morgan fingerprint density at radius 2 is 2.15 bits per heavy atom. The zero-order valence-corrected chi connectivity index (χ0v) is 11.6. The molecule has 1 amide bonds. The Kier molecular flexibility index (Phi) is 5.24. The molecule has 0 aliphatic carbocycles. The highest BCUT2D eigenvalue weighted by atomic mass is 16.5. The van der Waals surface area contributed by atoms with Crippen LogP contribution in [0.5, 0.6) is 5.75 Å². The Labute approximate surface area is 119 Å². The SMILES string of the molecule is Nc1ccc(OCC(=O)N2CCCC2CCCO)cc1. The van der Waals surface area contributed by atoms with Crippen LogP contribution >= 0.6 is 0 Å². The van der Waals surface area contributed by atoms with E-state index in [0.29, 0.717) is 11.4 Å². The first-order chi connectivity index (χ1) is 9.70. The van der Waals surface area contributed by atoms with E-state index >= 15 is 0 Å². The number of aliphatic hydroxyl groups is 1. The number of rotatable bonds is 6. The molecule has 1 fully saturated rings. The van der Waals surface area contributed by atoms with Gasteiger partial charge in [0.25, 0.3) is 5.91 Å². The van der Waals surface area contributed by atoms with Crippen molar-refractivity contribution < 1.29 is 14.6 Å². The van der Waals surface area contributed by atoms with E-state index in [0.717, 1.165) is 32.2 Å². The molecule has 110 valence electrons. The van der Waals surface area contributed by atoms with Crippen molar-refractivity contribution >= 4 is 11.6 Å². The molecule has 1 aliphatic heterocycles. The van der Waals surface area contributed by atoms with Gasteiger partial charge in [0.2, 0.25) is 0 Å². The van der Waals surface area contributed by atoms with Crippen LogP contribution in [-0.4, -0.2) is 41.7 Å². The number of aliphatic hydroxyl groups excluding tert-OH is 1. The molecule has 5 nitrogen and oxygen atoms in total. The van der Waals surface area contributed by atoms with E-state index in [-0.39, 0.29) is 25.2 Å². The molecule has 1 heterocycles. The summed E-state index contributed by atoms with van der Waals surface area (Å²) in [4.78, 5) is 14.1. The van der Waals surface area contributed by atoms with Crippen LogP contribution in [0.2, 0.25) is 0 Å². The van der Waals surface area contributed by atoms with Crippen molar-refractivity contribution in [1.82, 2.24) is 4.90 Å². The predicted octanol–water partition coefficient (Wildman–Crippen LogP) is 1.41. The molecule has 1 atom stereocenters.